The third-order valence-electron chi connectivity index (χ3n) is 4.28. The Morgan fingerprint density at radius 2 is 2.14 bits per heavy atom. The Hall–Kier alpha value is -1.43. The van der Waals surface area contributed by atoms with E-state index in [0.717, 1.165) is 36.9 Å². The molecule has 2 heterocycles. The highest BCUT2D eigenvalue weighted by molar-refractivity contribution is 7.09. The van der Waals surface area contributed by atoms with Crippen LogP contribution >= 0.6 is 11.3 Å². The molecule has 4 nitrogen and oxygen atoms in total. The van der Waals surface area contributed by atoms with Crippen molar-refractivity contribution < 1.29 is 4.74 Å². The quantitative estimate of drug-likeness (QED) is 0.867. The van der Waals surface area contributed by atoms with Gasteiger partial charge in [-0.15, -0.1) is 11.3 Å². The van der Waals surface area contributed by atoms with Crippen molar-refractivity contribution in [2.45, 2.75) is 19.5 Å². The van der Waals surface area contributed by atoms with E-state index in [-0.39, 0.29) is 0 Å². The van der Waals surface area contributed by atoms with Crippen LogP contribution in [-0.4, -0.2) is 48.6 Å². The summed E-state index contributed by atoms with van der Waals surface area (Å²) in [5, 5.41) is 3.32. The Bertz CT molecular complexity index is 628. The molecule has 1 aliphatic heterocycles. The van der Waals surface area contributed by atoms with Crippen LogP contribution in [0.15, 0.2) is 29.6 Å². The first-order valence-corrected chi connectivity index (χ1v) is 8.52. The second-order valence-corrected chi connectivity index (χ2v) is 6.89. The molecular formula is C17H23N3OS. The standard InChI is InChI=1S/C17H23N3OS/c1-13-18-14(12-22-13)10-20-9-8-19(2)16(11-20)15-6-4-5-7-17(15)21-3/h4-7,12,16H,8-11H2,1-3H3/t16-/m0/s1. The molecule has 2 aromatic rings. The minimum absolute atomic E-state index is 0.365. The van der Waals surface area contributed by atoms with E-state index in [9.17, 15) is 0 Å². The van der Waals surface area contributed by atoms with Crippen molar-refractivity contribution in [3.63, 3.8) is 0 Å². The summed E-state index contributed by atoms with van der Waals surface area (Å²) in [5.74, 6) is 0.978. The zero-order valence-electron chi connectivity index (χ0n) is 13.5. The normalized spacial score (nSPS) is 20.2. The molecule has 1 aromatic heterocycles. The number of nitrogens with zero attached hydrogens (tertiary/aromatic N) is 3. The van der Waals surface area contributed by atoms with Gasteiger partial charge in [0, 0.05) is 37.1 Å². The maximum absolute atomic E-state index is 5.55. The second kappa shape index (κ2) is 6.77. The average molecular weight is 317 g/mol. The molecule has 1 aliphatic rings. The molecule has 5 heteroatoms. The lowest BCUT2D eigenvalue weighted by Gasteiger charge is -2.39. The van der Waals surface area contributed by atoms with Gasteiger partial charge < -0.3 is 4.74 Å². The average Bonchev–Trinajstić information content (AvgIpc) is 2.94. The topological polar surface area (TPSA) is 28.6 Å². The molecule has 0 radical (unpaired) electrons. The van der Waals surface area contributed by atoms with Crippen LogP contribution in [0.2, 0.25) is 0 Å². The maximum atomic E-state index is 5.55. The van der Waals surface area contributed by atoms with Gasteiger partial charge >= 0.3 is 0 Å². The van der Waals surface area contributed by atoms with Gasteiger partial charge in [-0.05, 0) is 20.0 Å². The lowest BCUT2D eigenvalue weighted by atomic mass is 10.0. The molecule has 1 aromatic carbocycles. The fourth-order valence-electron chi connectivity index (χ4n) is 3.06. The van der Waals surface area contributed by atoms with E-state index >= 15 is 0 Å². The fourth-order valence-corrected chi connectivity index (χ4v) is 3.67. The number of ether oxygens (including phenoxy) is 1. The number of rotatable bonds is 4. The number of thiazole rings is 1. The van der Waals surface area contributed by atoms with Gasteiger partial charge in [-0.3, -0.25) is 9.80 Å². The number of benzene rings is 1. The summed E-state index contributed by atoms with van der Waals surface area (Å²) in [6, 6.07) is 8.71. The van der Waals surface area contributed by atoms with E-state index in [0.29, 0.717) is 6.04 Å². The Kier molecular flexibility index (Phi) is 4.76. The lowest BCUT2D eigenvalue weighted by Crippen LogP contribution is -2.46. The number of para-hydroxylation sites is 1. The minimum atomic E-state index is 0.365. The van der Waals surface area contributed by atoms with Crippen molar-refractivity contribution in [1.29, 1.82) is 0 Å². The SMILES string of the molecule is COc1ccccc1[C@@H]1CN(Cc2csc(C)n2)CCN1C. The van der Waals surface area contributed by atoms with Crippen LogP contribution in [0.5, 0.6) is 5.75 Å². The summed E-state index contributed by atoms with van der Waals surface area (Å²) < 4.78 is 5.55. The number of likely N-dealkylation sites (N-methyl/N-ethyl adjacent to an activating group) is 1. The highest BCUT2D eigenvalue weighted by Crippen LogP contribution is 2.31. The van der Waals surface area contributed by atoms with Crippen molar-refractivity contribution in [3.8, 4) is 5.75 Å². The molecule has 1 fully saturated rings. The van der Waals surface area contributed by atoms with Crippen molar-refractivity contribution in [2.24, 2.45) is 0 Å². The van der Waals surface area contributed by atoms with Crippen molar-refractivity contribution in [1.82, 2.24) is 14.8 Å². The monoisotopic (exact) mass is 317 g/mol. The van der Waals surface area contributed by atoms with Crippen molar-refractivity contribution >= 4 is 11.3 Å². The number of aryl methyl sites for hydroxylation is 1. The van der Waals surface area contributed by atoms with E-state index in [1.54, 1.807) is 18.4 Å². The molecule has 0 amide bonds. The number of hydrogen-bond donors (Lipinski definition) is 0. The van der Waals surface area contributed by atoms with Crippen LogP contribution < -0.4 is 4.74 Å². The van der Waals surface area contributed by atoms with E-state index in [1.165, 1.54) is 11.3 Å². The lowest BCUT2D eigenvalue weighted by molar-refractivity contribution is 0.0882. The highest BCUT2D eigenvalue weighted by atomic mass is 32.1. The van der Waals surface area contributed by atoms with Gasteiger partial charge in [-0.1, -0.05) is 18.2 Å². The minimum Gasteiger partial charge on any atom is -0.496 e. The first-order chi connectivity index (χ1) is 10.7. The molecule has 1 atom stereocenters. The Balaban J connectivity index is 1.76. The first kappa shape index (κ1) is 15.5. The summed E-state index contributed by atoms with van der Waals surface area (Å²) in [4.78, 5) is 9.50. The Morgan fingerprint density at radius 3 is 2.86 bits per heavy atom. The molecule has 0 bridgehead atoms. The van der Waals surface area contributed by atoms with E-state index < -0.39 is 0 Å². The summed E-state index contributed by atoms with van der Waals surface area (Å²) in [6.07, 6.45) is 0. The van der Waals surface area contributed by atoms with Crippen LogP contribution in [0.25, 0.3) is 0 Å². The van der Waals surface area contributed by atoms with Gasteiger partial charge in [-0.25, -0.2) is 4.98 Å². The van der Waals surface area contributed by atoms with Crippen molar-refractivity contribution in [2.75, 3.05) is 33.8 Å². The van der Waals surface area contributed by atoms with Gasteiger partial charge in [0.1, 0.15) is 5.75 Å². The Labute approximate surface area is 136 Å². The third kappa shape index (κ3) is 3.32. The van der Waals surface area contributed by atoms with E-state index in [4.69, 9.17) is 4.74 Å². The molecule has 1 saturated heterocycles. The molecule has 22 heavy (non-hydrogen) atoms. The Morgan fingerprint density at radius 1 is 1.32 bits per heavy atom. The number of methoxy groups -OCH3 is 1. The van der Waals surface area contributed by atoms with Gasteiger partial charge in [0.25, 0.3) is 0 Å². The van der Waals surface area contributed by atoms with Crippen LogP contribution in [0.3, 0.4) is 0 Å². The number of hydrogen-bond acceptors (Lipinski definition) is 5. The summed E-state index contributed by atoms with van der Waals surface area (Å²) >= 11 is 1.73. The summed E-state index contributed by atoms with van der Waals surface area (Å²) in [7, 11) is 3.94. The van der Waals surface area contributed by atoms with Crippen LogP contribution in [0, 0.1) is 6.92 Å². The molecule has 0 N–H and O–H groups in total. The van der Waals surface area contributed by atoms with E-state index in [1.807, 2.05) is 12.1 Å². The number of piperazine rings is 1. The second-order valence-electron chi connectivity index (χ2n) is 5.83. The molecule has 3 rings (SSSR count). The summed E-state index contributed by atoms with van der Waals surface area (Å²) in [6.45, 7) is 6.15. The molecule has 0 unspecified atom stereocenters. The molecule has 0 spiro atoms. The largest absolute Gasteiger partial charge is 0.496 e. The summed E-state index contributed by atoms with van der Waals surface area (Å²) in [5.41, 5.74) is 2.46. The number of aromatic nitrogens is 1. The maximum Gasteiger partial charge on any atom is 0.123 e. The molecule has 0 aliphatic carbocycles. The smallest absolute Gasteiger partial charge is 0.123 e. The zero-order valence-corrected chi connectivity index (χ0v) is 14.3. The van der Waals surface area contributed by atoms with E-state index in [2.05, 4.69) is 46.3 Å². The van der Waals surface area contributed by atoms with Gasteiger partial charge in [0.2, 0.25) is 0 Å². The first-order valence-electron chi connectivity index (χ1n) is 7.64. The van der Waals surface area contributed by atoms with Crippen LogP contribution in [0.4, 0.5) is 0 Å². The van der Waals surface area contributed by atoms with Gasteiger partial charge in [-0.2, -0.15) is 0 Å². The van der Waals surface area contributed by atoms with Gasteiger partial charge in [0.05, 0.1) is 23.9 Å². The molecule has 118 valence electrons. The third-order valence-corrected chi connectivity index (χ3v) is 5.10. The zero-order chi connectivity index (χ0) is 15.5. The van der Waals surface area contributed by atoms with Crippen molar-refractivity contribution in [3.05, 3.63) is 45.9 Å². The van der Waals surface area contributed by atoms with Crippen LogP contribution in [0.1, 0.15) is 22.3 Å². The molecular weight excluding hydrogens is 294 g/mol. The fraction of sp³-hybridized carbons (Fsp3) is 0.471. The van der Waals surface area contributed by atoms with Crippen LogP contribution in [-0.2, 0) is 6.54 Å². The molecule has 0 saturated carbocycles. The predicted molar refractivity (Wildman–Crippen MR) is 90.5 cm³/mol. The van der Waals surface area contributed by atoms with Gasteiger partial charge in [0.15, 0.2) is 0 Å². The predicted octanol–water partition coefficient (Wildman–Crippen LogP) is 2.95. The highest BCUT2D eigenvalue weighted by Gasteiger charge is 2.27.